The van der Waals surface area contributed by atoms with E-state index in [0.29, 0.717) is 6.04 Å². The van der Waals surface area contributed by atoms with Gasteiger partial charge in [0.2, 0.25) is 0 Å². The van der Waals surface area contributed by atoms with Crippen molar-refractivity contribution in [2.45, 2.75) is 25.8 Å². The van der Waals surface area contributed by atoms with Crippen LogP contribution in [0.3, 0.4) is 0 Å². The summed E-state index contributed by atoms with van der Waals surface area (Å²) < 4.78 is 0. The Bertz CT molecular complexity index is 309. The molecule has 0 spiro atoms. The summed E-state index contributed by atoms with van der Waals surface area (Å²) in [7, 11) is 0. The van der Waals surface area contributed by atoms with Crippen LogP contribution in [0.15, 0.2) is 24.3 Å². The molecular formula is C12H18N2. The third-order valence-corrected chi connectivity index (χ3v) is 3.07. The summed E-state index contributed by atoms with van der Waals surface area (Å²) in [6.07, 6.45) is 2.51. The Balaban J connectivity index is 2.26. The Morgan fingerprint density at radius 3 is 2.93 bits per heavy atom. The average molecular weight is 190 g/mol. The monoisotopic (exact) mass is 190 g/mol. The Morgan fingerprint density at radius 1 is 1.43 bits per heavy atom. The zero-order valence-electron chi connectivity index (χ0n) is 8.74. The van der Waals surface area contributed by atoms with Gasteiger partial charge in [-0.1, -0.05) is 18.2 Å². The molecule has 0 aromatic heterocycles. The van der Waals surface area contributed by atoms with Crippen LogP contribution in [0.5, 0.6) is 0 Å². The summed E-state index contributed by atoms with van der Waals surface area (Å²) >= 11 is 0. The van der Waals surface area contributed by atoms with Crippen LogP contribution in [0.25, 0.3) is 0 Å². The SMILES string of the molecule is Cc1ccccc1N1CCC[C@@H]1CN. The molecular weight excluding hydrogens is 172 g/mol. The second kappa shape index (κ2) is 4.01. The van der Waals surface area contributed by atoms with Crippen molar-refractivity contribution >= 4 is 5.69 Å². The van der Waals surface area contributed by atoms with Gasteiger partial charge in [-0.25, -0.2) is 0 Å². The summed E-state index contributed by atoms with van der Waals surface area (Å²) in [6.45, 7) is 4.10. The number of para-hydroxylation sites is 1. The molecule has 1 fully saturated rings. The van der Waals surface area contributed by atoms with Crippen LogP contribution in [-0.4, -0.2) is 19.1 Å². The summed E-state index contributed by atoms with van der Waals surface area (Å²) in [4.78, 5) is 2.45. The summed E-state index contributed by atoms with van der Waals surface area (Å²) in [6, 6.07) is 9.11. The number of anilines is 1. The first-order chi connectivity index (χ1) is 6.83. The molecule has 1 saturated heterocycles. The first kappa shape index (κ1) is 9.53. The Hall–Kier alpha value is -1.02. The van der Waals surface area contributed by atoms with E-state index in [1.165, 1.54) is 24.1 Å². The van der Waals surface area contributed by atoms with Crippen molar-refractivity contribution in [1.29, 1.82) is 0 Å². The number of rotatable bonds is 2. The molecule has 1 aliphatic rings. The van der Waals surface area contributed by atoms with Crippen molar-refractivity contribution < 1.29 is 0 Å². The van der Waals surface area contributed by atoms with Crippen molar-refractivity contribution in [1.82, 2.24) is 0 Å². The third kappa shape index (κ3) is 1.62. The average Bonchev–Trinajstić information content (AvgIpc) is 2.66. The minimum atomic E-state index is 0.552. The standard InChI is InChI=1S/C12H18N2/c1-10-5-2-3-7-12(10)14-8-4-6-11(14)9-13/h2-3,5,7,11H,4,6,8-9,13H2,1H3/t11-/m1/s1. The first-order valence-electron chi connectivity index (χ1n) is 5.35. The van der Waals surface area contributed by atoms with E-state index in [1.807, 2.05) is 0 Å². The maximum atomic E-state index is 5.77. The smallest absolute Gasteiger partial charge is 0.0413 e. The van der Waals surface area contributed by atoms with Crippen molar-refractivity contribution in [3.05, 3.63) is 29.8 Å². The highest BCUT2D eigenvalue weighted by atomic mass is 15.2. The summed E-state index contributed by atoms with van der Waals surface area (Å²) in [5.74, 6) is 0. The van der Waals surface area contributed by atoms with Gasteiger partial charge >= 0.3 is 0 Å². The number of hydrogen-bond acceptors (Lipinski definition) is 2. The lowest BCUT2D eigenvalue weighted by Crippen LogP contribution is -2.35. The van der Waals surface area contributed by atoms with Crippen LogP contribution in [0.4, 0.5) is 5.69 Å². The van der Waals surface area contributed by atoms with Crippen molar-refractivity contribution in [2.75, 3.05) is 18.0 Å². The zero-order valence-corrected chi connectivity index (χ0v) is 8.74. The van der Waals surface area contributed by atoms with Gasteiger partial charge in [-0.05, 0) is 31.4 Å². The largest absolute Gasteiger partial charge is 0.367 e. The van der Waals surface area contributed by atoms with E-state index in [1.54, 1.807) is 0 Å². The number of aryl methyl sites for hydroxylation is 1. The summed E-state index contributed by atoms with van der Waals surface area (Å²) in [5, 5.41) is 0. The fourth-order valence-corrected chi connectivity index (χ4v) is 2.28. The lowest BCUT2D eigenvalue weighted by atomic mass is 10.1. The number of benzene rings is 1. The van der Waals surface area contributed by atoms with Gasteiger partial charge in [0, 0.05) is 24.8 Å². The van der Waals surface area contributed by atoms with Gasteiger partial charge in [-0.15, -0.1) is 0 Å². The van der Waals surface area contributed by atoms with Crippen LogP contribution < -0.4 is 10.6 Å². The van der Waals surface area contributed by atoms with Gasteiger partial charge in [-0.3, -0.25) is 0 Å². The van der Waals surface area contributed by atoms with Gasteiger partial charge in [0.1, 0.15) is 0 Å². The quantitative estimate of drug-likeness (QED) is 0.772. The fourth-order valence-electron chi connectivity index (χ4n) is 2.28. The lowest BCUT2D eigenvalue weighted by Gasteiger charge is -2.27. The number of nitrogens with two attached hydrogens (primary N) is 1. The van der Waals surface area contributed by atoms with Crippen LogP contribution >= 0.6 is 0 Å². The molecule has 0 bridgehead atoms. The first-order valence-corrected chi connectivity index (χ1v) is 5.35. The molecule has 1 aromatic carbocycles. The second-order valence-electron chi connectivity index (χ2n) is 4.01. The molecule has 14 heavy (non-hydrogen) atoms. The van der Waals surface area contributed by atoms with Crippen LogP contribution in [-0.2, 0) is 0 Å². The molecule has 0 aliphatic carbocycles. The number of nitrogens with zero attached hydrogens (tertiary/aromatic N) is 1. The number of hydrogen-bond donors (Lipinski definition) is 1. The molecule has 76 valence electrons. The molecule has 2 heteroatoms. The molecule has 0 unspecified atom stereocenters. The van der Waals surface area contributed by atoms with Crippen molar-refractivity contribution in [3.63, 3.8) is 0 Å². The molecule has 0 saturated carbocycles. The van der Waals surface area contributed by atoms with Gasteiger partial charge in [-0.2, -0.15) is 0 Å². The van der Waals surface area contributed by atoms with E-state index < -0.39 is 0 Å². The molecule has 2 rings (SSSR count). The van der Waals surface area contributed by atoms with Crippen molar-refractivity contribution in [3.8, 4) is 0 Å². The molecule has 1 heterocycles. The predicted octanol–water partition coefficient (Wildman–Crippen LogP) is 1.92. The summed E-state index contributed by atoms with van der Waals surface area (Å²) in [5.41, 5.74) is 8.49. The zero-order chi connectivity index (χ0) is 9.97. The lowest BCUT2D eigenvalue weighted by molar-refractivity contribution is 0.676. The van der Waals surface area contributed by atoms with E-state index in [2.05, 4.69) is 36.1 Å². The van der Waals surface area contributed by atoms with Gasteiger partial charge < -0.3 is 10.6 Å². The topological polar surface area (TPSA) is 29.3 Å². The Labute approximate surface area is 85.7 Å². The highest BCUT2D eigenvalue weighted by Crippen LogP contribution is 2.27. The highest BCUT2D eigenvalue weighted by Gasteiger charge is 2.23. The molecule has 2 nitrogen and oxygen atoms in total. The molecule has 0 amide bonds. The van der Waals surface area contributed by atoms with E-state index in [9.17, 15) is 0 Å². The van der Waals surface area contributed by atoms with Gasteiger partial charge in [0.25, 0.3) is 0 Å². The Morgan fingerprint density at radius 2 is 2.21 bits per heavy atom. The van der Waals surface area contributed by atoms with Gasteiger partial charge in [0.15, 0.2) is 0 Å². The van der Waals surface area contributed by atoms with E-state index >= 15 is 0 Å². The van der Waals surface area contributed by atoms with E-state index in [4.69, 9.17) is 5.73 Å². The normalized spacial score (nSPS) is 21.6. The maximum Gasteiger partial charge on any atom is 0.0413 e. The second-order valence-corrected chi connectivity index (χ2v) is 4.01. The molecule has 1 atom stereocenters. The van der Waals surface area contributed by atoms with E-state index in [0.717, 1.165) is 13.1 Å². The van der Waals surface area contributed by atoms with Crippen LogP contribution in [0, 0.1) is 6.92 Å². The molecule has 1 aliphatic heterocycles. The highest BCUT2D eigenvalue weighted by molar-refractivity contribution is 5.54. The maximum absolute atomic E-state index is 5.77. The minimum absolute atomic E-state index is 0.552. The molecule has 1 aromatic rings. The van der Waals surface area contributed by atoms with Crippen LogP contribution in [0.2, 0.25) is 0 Å². The van der Waals surface area contributed by atoms with Crippen LogP contribution in [0.1, 0.15) is 18.4 Å². The van der Waals surface area contributed by atoms with E-state index in [-0.39, 0.29) is 0 Å². The fraction of sp³-hybridized carbons (Fsp3) is 0.500. The minimum Gasteiger partial charge on any atom is -0.367 e. The van der Waals surface area contributed by atoms with Crippen molar-refractivity contribution in [2.24, 2.45) is 5.73 Å². The van der Waals surface area contributed by atoms with Gasteiger partial charge in [0.05, 0.1) is 0 Å². The predicted molar refractivity (Wildman–Crippen MR) is 60.6 cm³/mol. The molecule has 0 radical (unpaired) electrons. The molecule has 2 N–H and O–H groups in total. The third-order valence-electron chi connectivity index (χ3n) is 3.07. The Kier molecular flexibility index (Phi) is 2.73.